The van der Waals surface area contributed by atoms with E-state index in [0.717, 1.165) is 77.0 Å². The Bertz CT molecular complexity index is 4340. The second-order valence-electron chi connectivity index (χ2n) is 22.8. The van der Waals surface area contributed by atoms with E-state index in [-0.39, 0.29) is 0 Å². The number of hydrogen-bond donors (Lipinski definition) is 0. The van der Waals surface area contributed by atoms with E-state index < -0.39 is 11.7 Å². The van der Waals surface area contributed by atoms with Gasteiger partial charge in [-0.25, -0.2) is 0 Å². The Morgan fingerprint density at radius 2 is 0.637 bits per heavy atom. The van der Waals surface area contributed by atoms with E-state index in [1.165, 1.54) is 90.0 Å². The molecular formula is C74H62F3N3. The van der Waals surface area contributed by atoms with Gasteiger partial charge in [0, 0.05) is 32.7 Å². The zero-order chi connectivity index (χ0) is 56.4. The van der Waals surface area contributed by atoms with Crippen LogP contribution in [0, 0.1) is 94.4 Å². The second kappa shape index (κ2) is 19.2. The Balaban J connectivity index is 1.17. The minimum atomic E-state index is -4.66. The summed E-state index contributed by atoms with van der Waals surface area (Å²) in [5.74, 6) is 0. The van der Waals surface area contributed by atoms with Gasteiger partial charge in [-0.1, -0.05) is 101 Å². The van der Waals surface area contributed by atoms with Crippen molar-refractivity contribution in [3.05, 3.63) is 236 Å². The first kappa shape index (κ1) is 51.8. The molecule has 12 rings (SSSR count). The molecule has 80 heavy (non-hydrogen) atoms. The van der Waals surface area contributed by atoms with E-state index in [4.69, 9.17) is 0 Å². The maximum absolute atomic E-state index is 15.4. The maximum atomic E-state index is 15.4. The predicted molar refractivity (Wildman–Crippen MR) is 329 cm³/mol. The van der Waals surface area contributed by atoms with Crippen molar-refractivity contribution in [2.75, 3.05) is 0 Å². The van der Waals surface area contributed by atoms with Crippen molar-refractivity contribution < 1.29 is 13.2 Å². The van der Waals surface area contributed by atoms with Gasteiger partial charge in [-0.3, -0.25) is 0 Å². The number of alkyl halides is 3. The summed E-state index contributed by atoms with van der Waals surface area (Å²) < 4.78 is 50.6. The molecule has 0 saturated carbocycles. The summed E-state index contributed by atoms with van der Waals surface area (Å²) in [5, 5.41) is 14.7. The minimum Gasteiger partial charge on any atom is -0.309 e. The molecule has 0 saturated heterocycles. The Morgan fingerprint density at radius 1 is 0.325 bits per heavy atom. The molecule has 2 heterocycles. The van der Waals surface area contributed by atoms with Gasteiger partial charge in [0.1, 0.15) is 0 Å². The number of aryl methyl sites for hydroxylation is 12. The molecule has 0 bridgehead atoms. The lowest BCUT2D eigenvalue weighted by molar-refractivity contribution is -0.137. The molecule has 10 aromatic carbocycles. The third-order valence-electron chi connectivity index (χ3n) is 16.6. The lowest BCUT2D eigenvalue weighted by Gasteiger charge is -2.21. The Hall–Kier alpha value is -8.92. The highest BCUT2D eigenvalue weighted by Gasteiger charge is 2.33. The van der Waals surface area contributed by atoms with Crippen LogP contribution in [-0.2, 0) is 6.18 Å². The topological polar surface area (TPSA) is 33.6 Å². The molecule has 2 aromatic heterocycles. The van der Waals surface area contributed by atoms with Gasteiger partial charge in [0.2, 0.25) is 0 Å². The highest BCUT2D eigenvalue weighted by molar-refractivity contribution is 6.14. The fourth-order valence-electron chi connectivity index (χ4n) is 13.9. The first-order valence-electron chi connectivity index (χ1n) is 27.4. The van der Waals surface area contributed by atoms with Gasteiger partial charge in [-0.05, 0) is 251 Å². The van der Waals surface area contributed by atoms with Crippen molar-refractivity contribution in [3.8, 4) is 73.1 Å². The van der Waals surface area contributed by atoms with E-state index in [1.807, 2.05) is 12.1 Å². The van der Waals surface area contributed by atoms with Gasteiger partial charge in [-0.2, -0.15) is 18.4 Å². The van der Waals surface area contributed by atoms with Gasteiger partial charge in [0.25, 0.3) is 0 Å². The molecular weight excluding hydrogens is 988 g/mol. The van der Waals surface area contributed by atoms with E-state index in [0.29, 0.717) is 28.1 Å². The van der Waals surface area contributed by atoms with Gasteiger partial charge in [0.05, 0.1) is 50.6 Å². The van der Waals surface area contributed by atoms with Crippen LogP contribution in [0.15, 0.2) is 158 Å². The third-order valence-corrected chi connectivity index (χ3v) is 16.6. The number of rotatable bonds is 7. The van der Waals surface area contributed by atoms with Crippen molar-refractivity contribution >= 4 is 43.6 Å². The van der Waals surface area contributed by atoms with Gasteiger partial charge in [0.15, 0.2) is 0 Å². The number of fused-ring (bicyclic) bond motifs is 6. The summed E-state index contributed by atoms with van der Waals surface area (Å²) in [4.78, 5) is 0. The number of hydrogen-bond acceptors (Lipinski definition) is 1. The van der Waals surface area contributed by atoms with E-state index in [9.17, 15) is 5.26 Å². The summed E-state index contributed by atoms with van der Waals surface area (Å²) in [5.41, 5.74) is 28.3. The third kappa shape index (κ3) is 8.59. The van der Waals surface area contributed by atoms with Crippen molar-refractivity contribution in [2.24, 2.45) is 0 Å². The number of nitrogens with zero attached hydrogens (tertiary/aromatic N) is 3. The molecule has 0 radical (unpaired) electrons. The summed E-state index contributed by atoms with van der Waals surface area (Å²) in [6.45, 7) is 25.7. The number of benzene rings is 10. The van der Waals surface area contributed by atoms with Crippen LogP contribution in [0.25, 0.3) is 111 Å². The monoisotopic (exact) mass is 1050 g/mol. The van der Waals surface area contributed by atoms with Crippen LogP contribution in [0.3, 0.4) is 0 Å². The van der Waals surface area contributed by atoms with E-state index in [2.05, 4.69) is 220 Å². The predicted octanol–water partition coefficient (Wildman–Crippen LogP) is 20.8. The van der Waals surface area contributed by atoms with Crippen molar-refractivity contribution in [1.29, 1.82) is 5.26 Å². The van der Waals surface area contributed by atoms with Crippen LogP contribution >= 0.6 is 0 Å². The van der Waals surface area contributed by atoms with Crippen LogP contribution < -0.4 is 0 Å². The quantitative estimate of drug-likeness (QED) is 0.157. The van der Waals surface area contributed by atoms with Crippen LogP contribution in [0.1, 0.15) is 77.9 Å². The Kier molecular flexibility index (Phi) is 12.4. The molecule has 0 fully saturated rings. The fourth-order valence-corrected chi connectivity index (χ4v) is 13.9. The SMILES string of the molecule is Cc1cc(C)c(-c2ccc3c(c2)c2cc(-c4c(C)cc(C)cc4C)ccc2n3-c2ccc(C(F)(F)F)cc2-c2ccc(C#N)cc2-n2c3ccc(-c4c(C)cc(C)cc4C)cc3c3cc(-c4c(C)cc(C)cc4C)ccc32)c(C)c1. The fraction of sp³-hybridized carbons (Fsp3) is 0.176. The van der Waals surface area contributed by atoms with E-state index >= 15 is 13.2 Å². The standard InChI is InChI=1S/C74H62F3N3/c1-40-25-44(5)70(45(6)26-40)53-14-20-64-59(34-53)60-35-54(71-46(7)27-41(2)28-47(71)8)15-21-65(60)79(64)68-24-18-57(74(75,76)77)38-63(68)58-19-13-52(39-78)33-69(58)80-66-22-16-55(72-48(9)29-42(3)30-49(72)10)36-61(66)62-37-56(17-23-67(62)80)73-50(11)31-43(4)32-51(73)12/h13-38H,1-12H3. The van der Waals surface area contributed by atoms with Crippen LogP contribution in [0.5, 0.6) is 0 Å². The van der Waals surface area contributed by atoms with Gasteiger partial charge in [-0.15, -0.1) is 0 Å². The van der Waals surface area contributed by atoms with Crippen molar-refractivity contribution in [3.63, 3.8) is 0 Å². The summed E-state index contributed by atoms with van der Waals surface area (Å²) in [6, 6.07) is 55.8. The zero-order valence-corrected chi connectivity index (χ0v) is 47.5. The number of aromatic nitrogens is 2. The Labute approximate surface area is 466 Å². The van der Waals surface area contributed by atoms with Gasteiger partial charge < -0.3 is 9.13 Å². The molecule has 0 unspecified atom stereocenters. The molecule has 0 N–H and O–H groups in total. The molecule has 0 aliphatic heterocycles. The largest absolute Gasteiger partial charge is 0.416 e. The smallest absolute Gasteiger partial charge is 0.309 e. The number of halogens is 3. The molecule has 12 aromatic rings. The van der Waals surface area contributed by atoms with E-state index in [1.54, 1.807) is 12.1 Å². The van der Waals surface area contributed by atoms with Gasteiger partial charge >= 0.3 is 6.18 Å². The molecule has 0 aliphatic rings. The summed E-state index contributed by atoms with van der Waals surface area (Å²) in [6.07, 6.45) is -4.66. The lowest BCUT2D eigenvalue weighted by Crippen LogP contribution is -2.08. The average Bonchev–Trinajstić information content (AvgIpc) is 3.21. The first-order valence-corrected chi connectivity index (χ1v) is 27.4. The summed E-state index contributed by atoms with van der Waals surface area (Å²) in [7, 11) is 0. The highest BCUT2D eigenvalue weighted by Crippen LogP contribution is 2.47. The molecule has 3 nitrogen and oxygen atoms in total. The summed E-state index contributed by atoms with van der Waals surface area (Å²) >= 11 is 0. The Morgan fingerprint density at radius 3 is 0.938 bits per heavy atom. The highest BCUT2D eigenvalue weighted by atomic mass is 19.4. The lowest BCUT2D eigenvalue weighted by atomic mass is 9.91. The molecule has 0 aliphatic carbocycles. The van der Waals surface area contributed by atoms with Crippen LogP contribution in [-0.4, -0.2) is 9.13 Å². The van der Waals surface area contributed by atoms with Crippen LogP contribution in [0.4, 0.5) is 13.2 Å². The minimum absolute atomic E-state index is 0.377. The molecule has 394 valence electrons. The maximum Gasteiger partial charge on any atom is 0.416 e. The average molecular weight is 1050 g/mol. The second-order valence-corrected chi connectivity index (χ2v) is 22.8. The molecule has 0 amide bonds. The van der Waals surface area contributed by atoms with Crippen LogP contribution in [0.2, 0.25) is 0 Å². The molecule has 6 heteroatoms. The normalized spacial score (nSPS) is 11.9. The number of nitriles is 1. The van der Waals surface area contributed by atoms with Crippen molar-refractivity contribution in [1.82, 2.24) is 9.13 Å². The van der Waals surface area contributed by atoms with Crippen molar-refractivity contribution in [2.45, 2.75) is 89.3 Å². The zero-order valence-electron chi connectivity index (χ0n) is 47.5. The molecule has 0 spiro atoms. The molecule has 0 atom stereocenters. The first-order chi connectivity index (χ1) is 38.2.